The SMILES string of the molecule is Cc1nc(C(=O)NCCCN(C)C(C)C)cs1. The summed E-state index contributed by atoms with van der Waals surface area (Å²) >= 11 is 1.50. The molecular weight excluding hydrogens is 234 g/mol. The van der Waals surface area contributed by atoms with E-state index >= 15 is 0 Å². The van der Waals surface area contributed by atoms with Crippen LogP contribution in [0.3, 0.4) is 0 Å². The van der Waals surface area contributed by atoms with Crippen molar-refractivity contribution in [1.82, 2.24) is 15.2 Å². The van der Waals surface area contributed by atoms with Gasteiger partial charge in [0.2, 0.25) is 0 Å². The van der Waals surface area contributed by atoms with E-state index in [9.17, 15) is 4.79 Å². The van der Waals surface area contributed by atoms with Gasteiger partial charge in [0.05, 0.1) is 5.01 Å². The van der Waals surface area contributed by atoms with Gasteiger partial charge >= 0.3 is 0 Å². The van der Waals surface area contributed by atoms with Gasteiger partial charge in [0.1, 0.15) is 5.69 Å². The quantitative estimate of drug-likeness (QED) is 0.790. The summed E-state index contributed by atoms with van der Waals surface area (Å²) in [6.07, 6.45) is 0.962. The van der Waals surface area contributed by atoms with Gasteiger partial charge in [0.25, 0.3) is 5.91 Å². The maximum atomic E-state index is 11.7. The van der Waals surface area contributed by atoms with Gasteiger partial charge in [0, 0.05) is 18.0 Å². The van der Waals surface area contributed by atoms with Crippen LogP contribution in [0.25, 0.3) is 0 Å². The van der Waals surface area contributed by atoms with E-state index in [1.807, 2.05) is 6.92 Å². The van der Waals surface area contributed by atoms with E-state index in [2.05, 4.69) is 36.1 Å². The molecule has 0 aromatic carbocycles. The lowest BCUT2D eigenvalue weighted by Crippen LogP contribution is -2.31. The van der Waals surface area contributed by atoms with Crippen molar-refractivity contribution in [1.29, 1.82) is 0 Å². The Morgan fingerprint density at radius 1 is 1.59 bits per heavy atom. The predicted molar refractivity (Wildman–Crippen MR) is 71.6 cm³/mol. The minimum atomic E-state index is -0.0680. The largest absolute Gasteiger partial charge is 0.351 e. The number of carbonyl (C=O) groups excluding carboxylic acids is 1. The van der Waals surface area contributed by atoms with Crippen LogP contribution in [0.4, 0.5) is 0 Å². The molecule has 1 heterocycles. The summed E-state index contributed by atoms with van der Waals surface area (Å²) in [5, 5.41) is 5.61. The summed E-state index contributed by atoms with van der Waals surface area (Å²) in [6.45, 7) is 7.92. The highest BCUT2D eigenvalue weighted by molar-refractivity contribution is 7.09. The molecule has 0 aliphatic heterocycles. The van der Waals surface area contributed by atoms with E-state index in [1.54, 1.807) is 5.38 Å². The first kappa shape index (κ1) is 14.1. The van der Waals surface area contributed by atoms with Crippen molar-refractivity contribution in [3.63, 3.8) is 0 Å². The summed E-state index contributed by atoms with van der Waals surface area (Å²) in [6, 6.07) is 0.548. The van der Waals surface area contributed by atoms with Crippen LogP contribution in [-0.2, 0) is 0 Å². The molecule has 0 saturated carbocycles. The minimum Gasteiger partial charge on any atom is -0.351 e. The molecule has 1 aromatic rings. The van der Waals surface area contributed by atoms with Crippen molar-refractivity contribution in [3.05, 3.63) is 16.1 Å². The van der Waals surface area contributed by atoms with Gasteiger partial charge in [-0.05, 0) is 40.8 Å². The van der Waals surface area contributed by atoms with Crippen LogP contribution < -0.4 is 5.32 Å². The molecule has 4 nitrogen and oxygen atoms in total. The zero-order chi connectivity index (χ0) is 12.8. The summed E-state index contributed by atoms with van der Waals surface area (Å²) in [5.74, 6) is -0.0680. The summed E-state index contributed by atoms with van der Waals surface area (Å²) in [7, 11) is 2.09. The Morgan fingerprint density at radius 3 is 2.82 bits per heavy atom. The van der Waals surface area contributed by atoms with Crippen LogP contribution in [0, 0.1) is 6.92 Å². The normalized spacial score (nSPS) is 11.2. The molecule has 96 valence electrons. The number of rotatable bonds is 6. The molecule has 0 bridgehead atoms. The number of nitrogens with zero attached hydrogens (tertiary/aromatic N) is 2. The molecule has 1 amide bonds. The second kappa shape index (κ2) is 6.71. The molecule has 1 rings (SSSR count). The molecule has 5 heteroatoms. The lowest BCUT2D eigenvalue weighted by Gasteiger charge is -2.20. The van der Waals surface area contributed by atoms with Gasteiger partial charge in [-0.1, -0.05) is 0 Å². The Morgan fingerprint density at radius 2 is 2.29 bits per heavy atom. The lowest BCUT2D eigenvalue weighted by molar-refractivity contribution is 0.0947. The number of carbonyl (C=O) groups is 1. The van der Waals surface area contributed by atoms with Crippen molar-refractivity contribution < 1.29 is 4.79 Å². The Labute approximate surface area is 107 Å². The van der Waals surface area contributed by atoms with Crippen LogP contribution in [0.2, 0.25) is 0 Å². The molecule has 0 fully saturated rings. The van der Waals surface area contributed by atoms with Crippen molar-refractivity contribution in [2.24, 2.45) is 0 Å². The van der Waals surface area contributed by atoms with E-state index in [0.717, 1.165) is 18.0 Å². The Kier molecular flexibility index (Phi) is 5.58. The zero-order valence-electron chi connectivity index (χ0n) is 11.0. The maximum absolute atomic E-state index is 11.7. The highest BCUT2D eigenvalue weighted by Crippen LogP contribution is 2.07. The average molecular weight is 255 g/mol. The van der Waals surface area contributed by atoms with Crippen LogP contribution in [0.1, 0.15) is 35.8 Å². The lowest BCUT2D eigenvalue weighted by atomic mass is 10.3. The molecule has 0 atom stereocenters. The van der Waals surface area contributed by atoms with Crippen LogP contribution in [0.15, 0.2) is 5.38 Å². The highest BCUT2D eigenvalue weighted by atomic mass is 32.1. The topological polar surface area (TPSA) is 45.2 Å². The molecule has 1 aromatic heterocycles. The Balaban J connectivity index is 2.21. The number of hydrogen-bond donors (Lipinski definition) is 1. The predicted octanol–water partition coefficient (Wildman–Crippen LogP) is 1.91. The number of amides is 1. The first-order chi connectivity index (χ1) is 8.00. The standard InChI is InChI=1S/C12H21N3OS/c1-9(2)15(4)7-5-6-13-12(16)11-8-17-10(3)14-11/h8-9H,5-7H2,1-4H3,(H,13,16). The third kappa shape index (κ3) is 4.83. The average Bonchev–Trinajstić information content (AvgIpc) is 2.70. The number of aromatic nitrogens is 1. The monoisotopic (exact) mass is 255 g/mol. The third-order valence-corrected chi connectivity index (χ3v) is 3.48. The van der Waals surface area contributed by atoms with Crippen LogP contribution in [0.5, 0.6) is 0 Å². The first-order valence-electron chi connectivity index (χ1n) is 5.91. The van der Waals surface area contributed by atoms with Crippen LogP contribution in [-0.4, -0.2) is 42.0 Å². The zero-order valence-corrected chi connectivity index (χ0v) is 11.8. The number of hydrogen-bond acceptors (Lipinski definition) is 4. The van der Waals surface area contributed by atoms with E-state index in [4.69, 9.17) is 0 Å². The van der Waals surface area contributed by atoms with Crippen LogP contribution >= 0.6 is 11.3 Å². The summed E-state index contributed by atoms with van der Waals surface area (Å²) in [4.78, 5) is 18.1. The number of aryl methyl sites for hydroxylation is 1. The summed E-state index contributed by atoms with van der Waals surface area (Å²) in [5.41, 5.74) is 0.532. The van der Waals surface area contributed by atoms with Gasteiger partial charge in [-0.3, -0.25) is 4.79 Å². The smallest absolute Gasteiger partial charge is 0.270 e. The molecule has 0 aliphatic carbocycles. The van der Waals surface area contributed by atoms with E-state index < -0.39 is 0 Å². The van der Waals surface area contributed by atoms with Gasteiger partial charge in [-0.25, -0.2) is 4.98 Å². The van der Waals surface area contributed by atoms with Gasteiger partial charge in [-0.2, -0.15) is 0 Å². The molecular formula is C12H21N3OS. The van der Waals surface area contributed by atoms with Gasteiger partial charge in [0.15, 0.2) is 0 Å². The highest BCUT2D eigenvalue weighted by Gasteiger charge is 2.08. The molecule has 1 N–H and O–H groups in total. The van der Waals surface area contributed by atoms with Gasteiger partial charge < -0.3 is 10.2 Å². The van der Waals surface area contributed by atoms with Crippen molar-refractivity contribution >= 4 is 17.2 Å². The molecule has 0 saturated heterocycles. The number of thiazole rings is 1. The minimum absolute atomic E-state index is 0.0680. The summed E-state index contributed by atoms with van der Waals surface area (Å²) < 4.78 is 0. The first-order valence-corrected chi connectivity index (χ1v) is 6.79. The Hall–Kier alpha value is -0.940. The maximum Gasteiger partial charge on any atom is 0.270 e. The fraction of sp³-hybridized carbons (Fsp3) is 0.667. The van der Waals surface area contributed by atoms with Crippen molar-refractivity contribution in [3.8, 4) is 0 Å². The molecule has 0 aliphatic rings. The van der Waals surface area contributed by atoms with E-state index in [-0.39, 0.29) is 5.91 Å². The second-order valence-electron chi connectivity index (χ2n) is 4.44. The van der Waals surface area contributed by atoms with Gasteiger partial charge in [-0.15, -0.1) is 11.3 Å². The molecule has 17 heavy (non-hydrogen) atoms. The molecule has 0 spiro atoms. The third-order valence-electron chi connectivity index (χ3n) is 2.71. The fourth-order valence-corrected chi connectivity index (χ4v) is 1.94. The van der Waals surface area contributed by atoms with Crippen molar-refractivity contribution in [2.45, 2.75) is 33.2 Å². The fourth-order valence-electron chi connectivity index (χ4n) is 1.35. The van der Waals surface area contributed by atoms with Crippen molar-refractivity contribution in [2.75, 3.05) is 20.1 Å². The number of nitrogens with one attached hydrogen (secondary N) is 1. The van der Waals surface area contributed by atoms with E-state index in [1.165, 1.54) is 11.3 Å². The molecule has 0 unspecified atom stereocenters. The molecule has 0 radical (unpaired) electrons. The second-order valence-corrected chi connectivity index (χ2v) is 5.50. The van der Waals surface area contributed by atoms with E-state index in [0.29, 0.717) is 18.3 Å². The Bertz CT molecular complexity index is 362.